The summed E-state index contributed by atoms with van der Waals surface area (Å²) < 4.78 is 8.68. The van der Waals surface area contributed by atoms with E-state index in [4.69, 9.17) is 16.3 Å². The molecule has 132 valence electrons. The van der Waals surface area contributed by atoms with Crippen LogP contribution >= 0.6 is 11.6 Å². The predicted molar refractivity (Wildman–Crippen MR) is 91.6 cm³/mol. The highest BCUT2D eigenvalue weighted by atomic mass is 35.5. The molecule has 1 atom stereocenters. The van der Waals surface area contributed by atoms with Crippen molar-refractivity contribution in [2.75, 3.05) is 13.2 Å². The third-order valence-electron chi connectivity index (χ3n) is 4.87. The molecule has 2 aliphatic rings. The summed E-state index contributed by atoms with van der Waals surface area (Å²) in [4.78, 5) is 26.9. The van der Waals surface area contributed by atoms with E-state index in [2.05, 4.69) is 5.10 Å². The lowest BCUT2D eigenvalue weighted by molar-refractivity contribution is -0.137. The largest absolute Gasteiger partial charge is 0.491 e. The average molecular weight is 363 g/mol. The zero-order valence-electron chi connectivity index (χ0n) is 13.9. The van der Waals surface area contributed by atoms with Gasteiger partial charge in [0.2, 0.25) is 5.91 Å². The summed E-state index contributed by atoms with van der Waals surface area (Å²) in [5.74, 6) is 1.37. The number of fused-ring (bicyclic) bond motifs is 2. The number of hydrogen-bond acceptors (Lipinski definition) is 4. The van der Waals surface area contributed by atoms with Gasteiger partial charge in [0.25, 0.3) is 0 Å². The monoisotopic (exact) mass is 362 g/mol. The van der Waals surface area contributed by atoms with Gasteiger partial charge in [-0.2, -0.15) is 5.10 Å². The van der Waals surface area contributed by atoms with E-state index in [0.29, 0.717) is 44.1 Å². The molecule has 0 saturated heterocycles. The van der Waals surface area contributed by atoms with Gasteiger partial charge in [0.15, 0.2) is 0 Å². The molecule has 1 unspecified atom stereocenters. The number of aryl methyl sites for hydroxylation is 2. The fourth-order valence-corrected chi connectivity index (χ4v) is 3.74. The Bertz CT molecular complexity index is 889. The SMILES string of the molecule is Cn1nc2n(c1=O)CC(C(=O)N1CCOc3ccc(Cl)cc3C1)CC2. The first-order chi connectivity index (χ1) is 12.0. The summed E-state index contributed by atoms with van der Waals surface area (Å²) >= 11 is 6.08. The first kappa shape index (κ1) is 16.2. The Labute approximate surface area is 149 Å². The van der Waals surface area contributed by atoms with E-state index in [-0.39, 0.29) is 17.5 Å². The number of amides is 1. The van der Waals surface area contributed by atoms with Gasteiger partial charge in [0.05, 0.1) is 12.5 Å². The average Bonchev–Trinajstić information content (AvgIpc) is 2.77. The minimum Gasteiger partial charge on any atom is -0.491 e. The molecule has 4 rings (SSSR count). The third kappa shape index (κ3) is 2.93. The second-order valence-corrected chi connectivity index (χ2v) is 6.97. The van der Waals surface area contributed by atoms with Crippen LogP contribution in [0.2, 0.25) is 5.02 Å². The van der Waals surface area contributed by atoms with Crippen LogP contribution in [0.15, 0.2) is 23.0 Å². The fraction of sp³-hybridized carbons (Fsp3) is 0.471. The lowest BCUT2D eigenvalue weighted by atomic mass is 9.97. The highest BCUT2D eigenvalue weighted by molar-refractivity contribution is 6.30. The Morgan fingerprint density at radius 3 is 3.08 bits per heavy atom. The molecule has 0 bridgehead atoms. The molecule has 0 spiro atoms. The first-order valence-corrected chi connectivity index (χ1v) is 8.73. The minimum atomic E-state index is -0.213. The number of carbonyl (C=O) groups excluding carboxylic acids is 1. The molecule has 8 heteroatoms. The van der Waals surface area contributed by atoms with Gasteiger partial charge in [-0.1, -0.05) is 11.6 Å². The zero-order chi connectivity index (χ0) is 17.6. The highest BCUT2D eigenvalue weighted by Crippen LogP contribution is 2.28. The molecule has 0 saturated carbocycles. The zero-order valence-corrected chi connectivity index (χ0v) is 14.7. The Morgan fingerprint density at radius 2 is 2.24 bits per heavy atom. The van der Waals surface area contributed by atoms with Crippen LogP contribution in [0.4, 0.5) is 0 Å². The first-order valence-electron chi connectivity index (χ1n) is 8.35. The summed E-state index contributed by atoms with van der Waals surface area (Å²) in [7, 11) is 1.64. The van der Waals surface area contributed by atoms with Crippen molar-refractivity contribution in [1.29, 1.82) is 0 Å². The van der Waals surface area contributed by atoms with Crippen molar-refractivity contribution in [1.82, 2.24) is 19.2 Å². The van der Waals surface area contributed by atoms with Crippen LogP contribution in [0.1, 0.15) is 17.8 Å². The van der Waals surface area contributed by atoms with Crippen LogP contribution in [-0.2, 0) is 31.4 Å². The van der Waals surface area contributed by atoms with E-state index in [0.717, 1.165) is 17.1 Å². The van der Waals surface area contributed by atoms with Crippen LogP contribution in [0, 0.1) is 5.92 Å². The Balaban J connectivity index is 1.55. The van der Waals surface area contributed by atoms with Crippen LogP contribution in [0.3, 0.4) is 0 Å². The van der Waals surface area contributed by atoms with Gasteiger partial charge in [0.1, 0.15) is 18.2 Å². The maximum absolute atomic E-state index is 13.0. The lowest BCUT2D eigenvalue weighted by Gasteiger charge is -2.28. The van der Waals surface area contributed by atoms with Crippen LogP contribution in [0.25, 0.3) is 0 Å². The molecule has 1 amide bonds. The van der Waals surface area contributed by atoms with E-state index in [9.17, 15) is 9.59 Å². The van der Waals surface area contributed by atoms with Crippen LogP contribution in [0.5, 0.6) is 5.75 Å². The normalized spacial score (nSPS) is 19.6. The van der Waals surface area contributed by atoms with Crippen molar-refractivity contribution in [2.45, 2.75) is 25.9 Å². The standard InChI is InChI=1S/C17H19ClN4O3/c1-20-17(24)22-10-11(2-5-15(22)19-20)16(23)21-6-7-25-14-4-3-13(18)8-12(14)9-21/h3-4,8,11H,2,5-7,9-10H2,1H3. The van der Waals surface area contributed by atoms with Crippen molar-refractivity contribution >= 4 is 17.5 Å². The second kappa shape index (κ2) is 6.22. The number of halogens is 1. The van der Waals surface area contributed by atoms with Crippen LogP contribution < -0.4 is 10.4 Å². The molecule has 0 fully saturated rings. The smallest absolute Gasteiger partial charge is 0.345 e. The van der Waals surface area contributed by atoms with Crippen molar-refractivity contribution in [3.63, 3.8) is 0 Å². The van der Waals surface area contributed by atoms with E-state index >= 15 is 0 Å². The maximum Gasteiger partial charge on any atom is 0.345 e. The Morgan fingerprint density at radius 1 is 1.40 bits per heavy atom. The number of nitrogens with zero attached hydrogens (tertiary/aromatic N) is 4. The van der Waals surface area contributed by atoms with Gasteiger partial charge < -0.3 is 9.64 Å². The summed E-state index contributed by atoms with van der Waals surface area (Å²) in [6.07, 6.45) is 1.34. The second-order valence-electron chi connectivity index (χ2n) is 6.53. The van der Waals surface area contributed by atoms with E-state index < -0.39 is 0 Å². The third-order valence-corrected chi connectivity index (χ3v) is 5.10. The summed E-state index contributed by atoms with van der Waals surface area (Å²) in [6, 6.07) is 5.47. The molecule has 2 aliphatic heterocycles. The molecule has 1 aromatic heterocycles. The van der Waals surface area contributed by atoms with Crippen molar-refractivity contribution in [3.8, 4) is 5.75 Å². The number of carbonyl (C=O) groups is 1. The molecule has 2 aromatic rings. The summed E-state index contributed by atoms with van der Waals surface area (Å²) in [5, 5.41) is 4.84. The van der Waals surface area contributed by atoms with Crippen molar-refractivity contribution < 1.29 is 9.53 Å². The van der Waals surface area contributed by atoms with Crippen LogP contribution in [-0.4, -0.2) is 38.3 Å². The Hall–Kier alpha value is -2.28. The fourth-order valence-electron chi connectivity index (χ4n) is 3.55. The van der Waals surface area contributed by atoms with Crippen molar-refractivity contribution in [3.05, 3.63) is 45.1 Å². The topological polar surface area (TPSA) is 69.4 Å². The van der Waals surface area contributed by atoms with Gasteiger partial charge in [-0.05, 0) is 24.6 Å². The summed E-state index contributed by atoms with van der Waals surface area (Å²) in [6.45, 7) is 1.84. The van der Waals surface area contributed by atoms with Gasteiger partial charge in [-0.25, -0.2) is 9.48 Å². The molecular formula is C17H19ClN4O3. The quantitative estimate of drug-likeness (QED) is 0.765. The van der Waals surface area contributed by atoms with E-state index in [1.807, 2.05) is 12.1 Å². The van der Waals surface area contributed by atoms with Gasteiger partial charge in [-0.3, -0.25) is 9.36 Å². The van der Waals surface area contributed by atoms with E-state index in [1.54, 1.807) is 22.6 Å². The maximum atomic E-state index is 13.0. The Kier molecular flexibility index (Phi) is 4.03. The van der Waals surface area contributed by atoms with Gasteiger partial charge in [-0.15, -0.1) is 0 Å². The van der Waals surface area contributed by atoms with Gasteiger partial charge >= 0.3 is 5.69 Å². The number of aromatic nitrogens is 3. The molecular weight excluding hydrogens is 344 g/mol. The number of ether oxygens (including phenoxy) is 1. The number of hydrogen-bond donors (Lipinski definition) is 0. The molecule has 7 nitrogen and oxygen atoms in total. The summed E-state index contributed by atoms with van der Waals surface area (Å²) in [5.41, 5.74) is 0.747. The van der Waals surface area contributed by atoms with Gasteiger partial charge in [0, 0.05) is 37.1 Å². The molecule has 1 aromatic carbocycles. The number of rotatable bonds is 1. The molecule has 0 radical (unpaired) electrons. The predicted octanol–water partition coefficient (Wildman–Crippen LogP) is 1.22. The highest BCUT2D eigenvalue weighted by Gasteiger charge is 2.31. The van der Waals surface area contributed by atoms with Crippen molar-refractivity contribution in [2.24, 2.45) is 13.0 Å². The molecule has 3 heterocycles. The molecule has 0 aliphatic carbocycles. The van der Waals surface area contributed by atoms with E-state index in [1.165, 1.54) is 4.68 Å². The lowest BCUT2D eigenvalue weighted by Crippen LogP contribution is -2.42. The number of benzene rings is 1. The molecule has 25 heavy (non-hydrogen) atoms. The minimum absolute atomic E-state index is 0.0535. The molecule has 0 N–H and O–H groups in total.